The second kappa shape index (κ2) is 8.81. The number of ether oxygens (including phenoxy) is 2. The molecule has 0 radical (unpaired) electrons. The summed E-state index contributed by atoms with van der Waals surface area (Å²) in [7, 11) is 3.25. The Morgan fingerprint density at radius 3 is 2.75 bits per heavy atom. The predicted molar refractivity (Wildman–Crippen MR) is 82.3 cm³/mol. The number of carbonyl (C=O) groups is 1. The minimum Gasteiger partial charge on any atom is -0.493 e. The highest BCUT2D eigenvalue weighted by atomic mass is 79.9. The fourth-order valence-corrected chi connectivity index (χ4v) is 2.32. The summed E-state index contributed by atoms with van der Waals surface area (Å²) in [5, 5.41) is 5.81. The first-order valence-electron chi connectivity index (χ1n) is 6.52. The third-order valence-electron chi connectivity index (χ3n) is 2.71. The summed E-state index contributed by atoms with van der Waals surface area (Å²) in [6.07, 6.45) is 0.464. The molecule has 0 unspecified atom stereocenters. The minimum atomic E-state index is 0.0305. The Balaban J connectivity index is 2.63. The van der Waals surface area contributed by atoms with E-state index in [0.29, 0.717) is 37.6 Å². The molecule has 0 saturated heterocycles. The van der Waals surface area contributed by atoms with Crippen LogP contribution in [-0.4, -0.2) is 33.2 Å². The van der Waals surface area contributed by atoms with Crippen molar-refractivity contribution in [2.45, 2.75) is 19.9 Å². The SMILES string of the molecule is CCOc1c(Br)cc(CNCCC(=O)NC)cc1OC. The minimum absolute atomic E-state index is 0.0305. The molecule has 20 heavy (non-hydrogen) atoms. The van der Waals surface area contributed by atoms with E-state index in [0.717, 1.165) is 10.0 Å². The molecule has 0 heterocycles. The normalized spacial score (nSPS) is 10.2. The molecule has 1 amide bonds. The van der Waals surface area contributed by atoms with E-state index >= 15 is 0 Å². The molecule has 0 atom stereocenters. The quantitative estimate of drug-likeness (QED) is 0.709. The molecule has 0 aromatic heterocycles. The van der Waals surface area contributed by atoms with Gasteiger partial charge in [0.05, 0.1) is 18.2 Å². The first-order valence-corrected chi connectivity index (χ1v) is 7.32. The van der Waals surface area contributed by atoms with Crippen molar-refractivity contribution in [3.05, 3.63) is 22.2 Å². The van der Waals surface area contributed by atoms with Gasteiger partial charge in [-0.05, 0) is 40.5 Å². The Kier molecular flexibility index (Phi) is 7.40. The van der Waals surface area contributed by atoms with Crippen molar-refractivity contribution in [2.24, 2.45) is 0 Å². The Morgan fingerprint density at radius 1 is 1.40 bits per heavy atom. The van der Waals surface area contributed by atoms with Crippen molar-refractivity contribution in [3.63, 3.8) is 0 Å². The Bertz CT molecular complexity index is 452. The fraction of sp³-hybridized carbons (Fsp3) is 0.500. The molecule has 1 aromatic rings. The highest BCUT2D eigenvalue weighted by Crippen LogP contribution is 2.36. The van der Waals surface area contributed by atoms with E-state index in [1.54, 1.807) is 14.2 Å². The van der Waals surface area contributed by atoms with Crippen molar-refractivity contribution in [2.75, 3.05) is 27.3 Å². The topological polar surface area (TPSA) is 59.6 Å². The van der Waals surface area contributed by atoms with Crippen molar-refractivity contribution >= 4 is 21.8 Å². The van der Waals surface area contributed by atoms with Crippen LogP contribution in [0.15, 0.2) is 16.6 Å². The standard InChI is InChI=1S/C14H21BrN2O3/c1-4-20-14-11(15)7-10(8-12(14)19-3)9-17-6-5-13(18)16-2/h7-8,17H,4-6,9H2,1-3H3,(H,16,18). The van der Waals surface area contributed by atoms with Crippen LogP contribution in [-0.2, 0) is 11.3 Å². The van der Waals surface area contributed by atoms with E-state index in [-0.39, 0.29) is 5.91 Å². The van der Waals surface area contributed by atoms with Crippen molar-refractivity contribution in [3.8, 4) is 11.5 Å². The zero-order valence-electron chi connectivity index (χ0n) is 12.1. The van der Waals surface area contributed by atoms with Gasteiger partial charge in [0.15, 0.2) is 11.5 Å². The van der Waals surface area contributed by atoms with Gasteiger partial charge in [0.1, 0.15) is 0 Å². The average Bonchev–Trinajstić information content (AvgIpc) is 2.45. The monoisotopic (exact) mass is 344 g/mol. The number of nitrogens with one attached hydrogen (secondary N) is 2. The zero-order valence-corrected chi connectivity index (χ0v) is 13.7. The van der Waals surface area contributed by atoms with Crippen LogP contribution in [0.4, 0.5) is 0 Å². The van der Waals surface area contributed by atoms with Crippen LogP contribution < -0.4 is 20.1 Å². The van der Waals surface area contributed by atoms with Crippen LogP contribution in [0, 0.1) is 0 Å². The number of rotatable bonds is 8. The van der Waals surface area contributed by atoms with E-state index in [1.807, 2.05) is 19.1 Å². The summed E-state index contributed by atoms with van der Waals surface area (Å²) in [5.74, 6) is 1.44. The summed E-state index contributed by atoms with van der Waals surface area (Å²) in [5.41, 5.74) is 1.06. The highest BCUT2D eigenvalue weighted by molar-refractivity contribution is 9.10. The lowest BCUT2D eigenvalue weighted by Gasteiger charge is -2.13. The number of amides is 1. The van der Waals surface area contributed by atoms with Gasteiger partial charge in [0.25, 0.3) is 0 Å². The molecule has 2 N–H and O–H groups in total. The number of carbonyl (C=O) groups excluding carboxylic acids is 1. The lowest BCUT2D eigenvalue weighted by atomic mass is 10.2. The van der Waals surface area contributed by atoms with E-state index in [2.05, 4.69) is 26.6 Å². The lowest BCUT2D eigenvalue weighted by molar-refractivity contribution is -0.120. The second-order valence-electron chi connectivity index (χ2n) is 4.14. The van der Waals surface area contributed by atoms with Crippen LogP contribution in [0.5, 0.6) is 11.5 Å². The van der Waals surface area contributed by atoms with Crippen molar-refractivity contribution in [1.29, 1.82) is 0 Å². The molecule has 0 fully saturated rings. The van der Waals surface area contributed by atoms with Gasteiger partial charge >= 0.3 is 0 Å². The van der Waals surface area contributed by atoms with E-state index in [1.165, 1.54) is 0 Å². The van der Waals surface area contributed by atoms with E-state index in [4.69, 9.17) is 9.47 Å². The number of hydrogen-bond acceptors (Lipinski definition) is 4. The van der Waals surface area contributed by atoms with Crippen LogP contribution >= 0.6 is 15.9 Å². The maximum atomic E-state index is 11.1. The number of methoxy groups -OCH3 is 1. The summed E-state index contributed by atoms with van der Waals surface area (Å²) < 4.78 is 11.7. The summed E-state index contributed by atoms with van der Waals surface area (Å²) in [4.78, 5) is 11.1. The molecular formula is C14H21BrN2O3. The molecule has 0 aliphatic carbocycles. The predicted octanol–water partition coefficient (Wildman–Crippen LogP) is 2.08. The molecule has 1 aromatic carbocycles. The van der Waals surface area contributed by atoms with Gasteiger partial charge in [0.2, 0.25) is 5.91 Å². The molecule has 0 aliphatic heterocycles. The van der Waals surface area contributed by atoms with Gasteiger partial charge in [-0.15, -0.1) is 0 Å². The molecule has 112 valence electrons. The molecule has 0 bridgehead atoms. The van der Waals surface area contributed by atoms with Crippen molar-refractivity contribution < 1.29 is 14.3 Å². The van der Waals surface area contributed by atoms with Gasteiger partial charge in [-0.1, -0.05) is 0 Å². The van der Waals surface area contributed by atoms with Crippen LogP contribution in [0.3, 0.4) is 0 Å². The third kappa shape index (κ3) is 5.02. The van der Waals surface area contributed by atoms with Crippen LogP contribution in [0.25, 0.3) is 0 Å². The van der Waals surface area contributed by atoms with Gasteiger partial charge in [-0.25, -0.2) is 0 Å². The number of benzene rings is 1. The largest absolute Gasteiger partial charge is 0.493 e. The van der Waals surface area contributed by atoms with Gasteiger partial charge < -0.3 is 20.1 Å². The first kappa shape index (κ1) is 16.8. The van der Waals surface area contributed by atoms with Crippen molar-refractivity contribution in [1.82, 2.24) is 10.6 Å². The molecule has 6 heteroatoms. The number of hydrogen-bond donors (Lipinski definition) is 2. The smallest absolute Gasteiger partial charge is 0.221 e. The summed E-state index contributed by atoms with van der Waals surface area (Å²) in [6.45, 7) is 3.81. The summed E-state index contributed by atoms with van der Waals surface area (Å²) in [6, 6.07) is 3.92. The maximum Gasteiger partial charge on any atom is 0.221 e. The summed E-state index contributed by atoms with van der Waals surface area (Å²) >= 11 is 3.49. The molecular weight excluding hydrogens is 324 g/mol. The average molecular weight is 345 g/mol. The lowest BCUT2D eigenvalue weighted by Crippen LogP contribution is -2.24. The van der Waals surface area contributed by atoms with Gasteiger partial charge in [-0.2, -0.15) is 0 Å². The Labute approximate surface area is 128 Å². The highest BCUT2D eigenvalue weighted by Gasteiger charge is 2.11. The van der Waals surface area contributed by atoms with E-state index in [9.17, 15) is 4.79 Å². The molecule has 0 aliphatic rings. The molecule has 0 saturated carbocycles. The zero-order chi connectivity index (χ0) is 15.0. The molecule has 0 spiro atoms. The Hall–Kier alpha value is -1.27. The van der Waals surface area contributed by atoms with E-state index < -0.39 is 0 Å². The van der Waals surface area contributed by atoms with Gasteiger partial charge in [-0.3, -0.25) is 4.79 Å². The molecule has 5 nitrogen and oxygen atoms in total. The number of halogens is 1. The Morgan fingerprint density at radius 2 is 2.15 bits per heavy atom. The van der Waals surface area contributed by atoms with Gasteiger partial charge in [0, 0.05) is 26.6 Å². The molecule has 1 rings (SSSR count). The maximum absolute atomic E-state index is 11.1. The first-order chi connectivity index (χ1) is 9.62. The van der Waals surface area contributed by atoms with Crippen LogP contribution in [0.2, 0.25) is 0 Å². The van der Waals surface area contributed by atoms with Crippen LogP contribution in [0.1, 0.15) is 18.9 Å². The second-order valence-corrected chi connectivity index (χ2v) is 5.00. The third-order valence-corrected chi connectivity index (χ3v) is 3.30. The fourth-order valence-electron chi connectivity index (χ4n) is 1.72.